The summed E-state index contributed by atoms with van der Waals surface area (Å²) in [5.41, 5.74) is 10.0. The molecule has 1 amide bonds. The Labute approximate surface area is 175 Å². The van der Waals surface area contributed by atoms with Crippen molar-refractivity contribution in [3.05, 3.63) is 94.3 Å². The van der Waals surface area contributed by atoms with Gasteiger partial charge >= 0.3 is 5.97 Å². The van der Waals surface area contributed by atoms with Crippen LogP contribution in [0.15, 0.2) is 66.0 Å². The molecule has 0 fully saturated rings. The fourth-order valence-electron chi connectivity index (χ4n) is 3.26. The van der Waals surface area contributed by atoms with E-state index >= 15 is 0 Å². The third kappa shape index (κ3) is 5.14. The van der Waals surface area contributed by atoms with Crippen molar-refractivity contribution in [3.8, 4) is 0 Å². The summed E-state index contributed by atoms with van der Waals surface area (Å²) in [4.78, 5) is 23.7. The van der Waals surface area contributed by atoms with Crippen molar-refractivity contribution < 1.29 is 14.3 Å². The molecule has 154 valence electrons. The molecule has 0 bridgehead atoms. The van der Waals surface area contributed by atoms with Gasteiger partial charge in [0.2, 0.25) is 5.91 Å². The SMILES string of the molecule is CCOC(=O)c1cn(Cc2cccc(/C=N\N)c2)cc1Cc1ccc(C(N)=O)cc1. The van der Waals surface area contributed by atoms with Crippen LogP contribution in [0.1, 0.15) is 49.9 Å². The maximum Gasteiger partial charge on any atom is 0.339 e. The second kappa shape index (κ2) is 9.56. The third-order valence-corrected chi connectivity index (χ3v) is 4.63. The quantitative estimate of drug-likeness (QED) is 0.260. The molecular weight excluding hydrogens is 380 g/mol. The molecule has 0 saturated heterocycles. The van der Waals surface area contributed by atoms with Crippen LogP contribution in [0.25, 0.3) is 0 Å². The monoisotopic (exact) mass is 404 g/mol. The molecule has 0 aliphatic heterocycles. The second-order valence-corrected chi connectivity index (χ2v) is 6.85. The number of ether oxygens (including phenoxy) is 1. The number of hydrogen-bond donors (Lipinski definition) is 2. The molecule has 30 heavy (non-hydrogen) atoms. The van der Waals surface area contributed by atoms with Gasteiger partial charge in [0, 0.05) is 24.5 Å². The van der Waals surface area contributed by atoms with E-state index in [4.69, 9.17) is 16.3 Å². The largest absolute Gasteiger partial charge is 0.462 e. The smallest absolute Gasteiger partial charge is 0.339 e. The lowest BCUT2D eigenvalue weighted by Crippen LogP contribution is -2.10. The van der Waals surface area contributed by atoms with Crippen LogP contribution in [-0.4, -0.2) is 29.3 Å². The van der Waals surface area contributed by atoms with Gasteiger partial charge in [-0.15, -0.1) is 0 Å². The molecular formula is C23H24N4O3. The number of hydrogen-bond acceptors (Lipinski definition) is 5. The van der Waals surface area contributed by atoms with Gasteiger partial charge in [0.15, 0.2) is 0 Å². The van der Waals surface area contributed by atoms with Gasteiger partial charge in [0.1, 0.15) is 0 Å². The van der Waals surface area contributed by atoms with Crippen molar-refractivity contribution >= 4 is 18.1 Å². The molecule has 0 aliphatic carbocycles. The van der Waals surface area contributed by atoms with Crippen molar-refractivity contribution in [2.75, 3.05) is 6.61 Å². The van der Waals surface area contributed by atoms with Crippen LogP contribution >= 0.6 is 0 Å². The Hall–Kier alpha value is -3.87. The topological polar surface area (TPSA) is 113 Å². The van der Waals surface area contributed by atoms with Crippen LogP contribution in [0.5, 0.6) is 0 Å². The number of aromatic nitrogens is 1. The van der Waals surface area contributed by atoms with Gasteiger partial charge in [0.05, 0.1) is 18.4 Å². The number of carbonyl (C=O) groups excluding carboxylic acids is 2. The molecule has 2 aromatic carbocycles. The van der Waals surface area contributed by atoms with Crippen molar-refractivity contribution in [2.24, 2.45) is 16.7 Å². The zero-order chi connectivity index (χ0) is 21.5. The molecule has 0 atom stereocenters. The van der Waals surface area contributed by atoms with Gasteiger partial charge in [-0.25, -0.2) is 4.79 Å². The van der Waals surface area contributed by atoms with Crippen molar-refractivity contribution in [2.45, 2.75) is 19.9 Å². The molecule has 0 aliphatic rings. The maximum absolute atomic E-state index is 12.5. The molecule has 0 radical (unpaired) electrons. The Morgan fingerprint density at radius 2 is 1.87 bits per heavy atom. The molecule has 4 N–H and O–H groups in total. The number of amides is 1. The fourth-order valence-corrected chi connectivity index (χ4v) is 3.26. The van der Waals surface area contributed by atoms with Crippen LogP contribution in [0.4, 0.5) is 0 Å². The van der Waals surface area contributed by atoms with Crippen LogP contribution < -0.4 is 11.6 Å². The number of nitrogens with two attached hydrogens (primary N) is 2. The van der Waals surface area contributed by atoms with E-state index in [0.29, 0.717) is 30.7 Å². The number of primary amides is 1. The predicted octanol–water partition coefficient (Wildman–Crippen LogP) is 2.70. The van der Waals surface area contributed by atoms with E-state index in [0.717, 1.165) is 22.3 Å². The van der Waals surface area contributed by atoms with Gasteiger partial charge in [-0.05, 0) is 53.8 Å². The van der Waals surface area contributed by atoms with E-state index in [2.05, 4.69) is 5.10 Å². The molecule has 7 heteroatoms. The molecule has 0 saturated carbocycles. The Morgan fingerprint density at radius 3 is 2.53 bits per heavy atom. The lowest BCUT2D eigenvalue weighted by molar-refractivity contribution is 0.0525. The number of esters is 1. The Balaban J connectivity index is 1.88. The lowest BCUT2D eigenvalue weighted by atomic mass is 10.0. The zero-order valence-corrected chi connectivity index (χ0v) is 16.7. The molecule has 7 nitrogen and oxygen atoms in total. The highest BCUT2D eigenvalue weighted by molar-refractivity contribution is 5.93. The minimum atomic E-state index is -0.471. The molecule has 3 rings (SSSR count). The normalized spacial score (nSPS) is 11.0. The lowest BCUT2D eigenvalue weighted by Gasteiger charge is -2.05. The van der Waals surface area contributed by atoms with Gasteiger partial charge in [-0.2, -0.15) is 5.10 Å². The summed E-state index contributed by atoms with van der Waals surface area (Å²) in [6.45, 7) is 2.66. The van der Waals surface area contributed by atoms with E-state index in [9.17, 15) is 9.59 Å². The van der Waals surface area contributed by atoms with E-state index < -0.39 is 5.91 Å². The average Bonchev–Trinajstić information content (AvgIpc) is 3.11. The van der Waals surface area contributed by atoms with E-state index in [1.807, 2.05) is 47.2 Å². The molecule has 0 spiro atoms. The van der Waals surface area contributed by atoms with Gasteiger partial charge in [-0.1, -0.05) is 30.3 Å². The summed E-state index contributed by atoms with van der Waals surface area (Å²) in [5, 5.41) is 3.56. The Bertz CT molecular complexity index is 1070. The highest BCUT2D eigenvalue weighted by atomic mass is 16.5. The standard InChI is InChI=1S/C23H24N4O3/c1-2-30-23(29)21-15-27(13-18-5-3-4-17(10-18)12-26-25)14-20(21)11-16-6-8-19(9-7-16)22(24)28/h3-10,12,14-15H,2,11,13,25H2,1H3,(H2,24,28)/b26-12-. The van der Waals surface area contributed by atoms with Gasteiger partial charge in [-0.3, -0.25) is 4.79 Å². The Morgan fingerprint density at radius 1 is 1.10 bits per heavy atom. The molecule has 0 unspecified atom stereocenters. The summed E-state index contributed by atoms with van der Waals surface area (Å²) in [6.07, 6.45) is 5.86. The van der Waals surface area contributed by atoms with Crippen molar-refractivity contribution in [1.29, 1.82) is 0 Å². The van der Waals surface area contributed by atoms with Crippen LogP contribution in [0.2, 0.25) is 0 Å². The highest BCUT2D eigenvalue weighted by Gasteiger charge is 2.16. The van der Waals surface area contributed by atoms with E-state index in [-0.39, 0.29) is 5.97 Å². The maximum atomic E-state index is 12.5. The molecule has 3 aromatic rings. The first-order chi connectivity index (χ1) is 14.5. The summed E-state index contributed by atoms with van der Waals surface area (Å²) in [5.74, 6) is 4.41. The highest BCUT2D eigenvalue weighted by Crippen LogP contribution is 2.19. The van der Waals surface area contributed by atoms with E-state index in [1.165, 1.54) is 0 Å². The first-order valence-corrected chi connectivity index (χ1v) is 9.57. The minimum Gasteiger partial charge on any atom is -0.462 e. The molecule has 1 heterocycles. The third-order valence-electron chi connectivity index (χ3n) is 4.63. The first kappa shape index (κ1) is 20.9. The number of benzene rings is 2. The summed E-state index contributed by atoms with van der Waals surface area (Å²) in [6, 6.07) is 14.9. The van der Waals surface area contributed by atoms with Crippen LogP contribution in [-0.2, 0) is 17.7 Å². The first-order valence-electron chi connectivity index (χ1n) is 9.57. The van der Waals surface area contributed by atoms with Crippen molar-refractivity contribution in [1.82, 2.24) is 4.57 Å². The predicted molar refractivity (Wildman–Crippen MR) is 115 cm³/mol. The summed E-state index contributed by atoms with van der Waals surface area (Å²) < 4.78 is 7.18. The zero-order valence-electron chi connectivity index (χ0n) is 16.7. The number of nitrogens with zero attached hydrogens (tertiary/aromatic N) is 2. The fraction of sp³-hybridized carbons (Fsp3) is 0.174. The average molecular weight is 404 g/mol. The van der Waals surface area contributed by atoms with Crippen molar-refractivity contribution in [3.63, 3.8) is 0 Å². The number of rotatable bonds is 8. The van der Waals surface area contributed by atoms with Crippen LogP contribution in [0.3, 0.4) is 0 Å². The minimum absolute atomic E-state index is 0.303. The van der Waals surface area contributed by atoms with Crippen LogP contribution in [0, 0.1) is 0 Å². The Kier molecular flexibility index (Phi) is 6.64. The summed E-state index contributed by atoms with van der Waals surface area (Å²) >= 11 is 0. The summed E-state index contributed by atoms with van der Waals surface area (Å²) in [7, 11) is 0. The number of carbonyl (C=O) groups is 2. The number of hydrazone groups is 1. The second-order valence-electron chi connectivity index (χ2n) is 6.85. The van der Waals surface area contributed by atoms with Gasteiger partial charge < -0.3 is 20.9 Å². The van der Waals surface area contributed by atoms with Gasteiger partial charge in [0.25, 0.3) is 0 Å². The van der Waals surface area contributed by atoms with E-state index in [1.54, 1.807) is 31.5 Å². The molecule has 1 aromatic heterocycles.